The third-order valence-corrected chi connectivity index (χ3v) is 25.8. The molecule has 39 nitrogen and oxygen atoms in total. The Kier molecular flexibility index (Phi) is 37.8. The Hall–Kier alpha value is -14.9. The molecule has 3 saturated heterocycles. The van der Waals surface area contributed by atoms with Gasteiger partial charge in [0, 0.05) is 18.6 Å². The number of carbonyl (C=O) groups is 5. The zero-order chi connectivity index (χ0) is 107. The highest BCUT2D eigenvalue weighted by atomic mass is 31.2. The van der Waals surface area contributed by atoms with Crippen LogP contribution in [-0.2, 0) is 94.8 Å². The van der Waals surface area contributed by atoms with E-state index in [2.05, 4.69) is 34.7 Å². The van der Waals surface area contributed by atoms with Gasteiger partial charge in [0.1, 0.15) is 91.0 Å². The first-order valence-electron chi connectivity index (χ1n) is 43.8. The van der Waals surface area contributed by atoms with Crippen molar-refractivity contribution >= 4 is 70.5 Å². The number of nitrogen functional groups attached to an aromatic ring is 3. The summed E-state index contributed by atoms with van der Waals surface area (Å²) in [6.07, 6.45) is -15.7. The van der Waals surface area contributed by atoms with Crippen molar-refractivity contribution in [3.8, 4) is 23.0 Å². The smallest absolute Gasteiger partial charge is 0.460 e. The third-order valence-electron chi connectivity index (χ3n) is 21.0. The van der Waals surface area contributed by atoms with Crippen LogP contribution in [0.5, 0.6) is 23.0 Å². The fraction of sp³-hybridized carbons (Fsp3) is 0.253. The van der Waals surface area contributed by atoms with Gasteiger partial charge < -0.3 is 83.4 Å². The Bertz CT molecular complexity index is 6880. The second-order valence-electron chi connectivity index (χ2n) is 31.9. The van der Waals surface area contributed by atoms with Crippen molar-refractivity contribution in [3.63, 3.8) is 0 Å². The van der Waals surface area contributed by atoms with Crippen LogP contribution in [0.3, 0.4) is 0 Å². The summed E-state index contributed by atoms with van der Waals surface area (Å²) in [4.78, 5) is 109. The molecule has 53 heteroatoms. The van der Waals surface area contributed by atoms with Gasteiger partial charge in [-0.05, 0) is 116 Å². The zero-order valence-electron chi connectivity index (χ0n) is 77.2. The maximum atomic E-state index is 16.0. The number of benzene rings is 9. The van der Waals surface area contributed by atoms with Crippen LogP contribution in [0, 0.1) is 29.1 Å². The van der Waals surface area contributed by atoms with Crippen molar-refractivity contribution in [2.75, 3.05) is 37.0 Å². The van der Waals surface area contributed by atoms with E-state index in [1.54, 1.807) is 158 Å². The third kappa shape index (κ3) is 29.1. The minimum Gasteiger partial charge on any atom is -0.460 e. The standard InChI is InChI=1S/C32H31F2N4O9P.C25H27F2N4O8P.C22H17F5NO5P.C16H15F2N3O5/c1-21(28(39)43-19-22-11-5-2-6-12-22)37-48(42,47-24-15-9-4-10-16-24)44-20-25-27(46-29(40)23-13-7-3-8-14-23)32(33,34)30(45-25)38-18-17-26(35)36-31(38)41;1-16(22(33)36-14-17-8-4-2-5-9-17)30-40(35,39-18-10-6-3-7-11-18)37-15-19-21(32)25(26,27)23(38-19)31-13-12-20(28)29-24(31)34;1-13(22(29)31-12-14-8-4-2-5-9-14)28-34(30,32-15-10-6-3-7-11-15)33-21-19(26)17(24)16(23)18(25)20(21)27;17-16(18)12(26-13(23)9-4-2-1-3-5-9)10(8-22)25-14(16)21-7-6-11(19)20-15(21)24/h2-18,21,25,27,30H,19-20H2,1H3,(H,37,42)(H2,35,36,41);2-13,16,19,21,23,32H,14-15H2,1H3,(H,30,35)(H2,28,29,34);2-11,13H,12H2,1H3,(H,28,30);1-7,10,12,14,22H,8H2,(H2,19,20,24)/t21-,25+,27+,30+,48-;16-,19+,21+,23+,40-;13-,34-;10-,12-,14-/m0001/s1. The van der Waals surface area contributed by atoms with E-state index in [1.165, 1.54) is 106 Å². The summed E-state index contributed by atoms with van der Waals surface area (Å²) in [6.45, 7) is 0.986. The number of para-hydroxylation sites is 3. The van der Waals surface area contributed by atoms with Gasteiger partial charge in [-0.2, -0.15) is 65.3 Å². The molecule has 3 aliphatic heterocycles. The summed E-state index contributed by atoms with van der Waals surface area (Å²) in [6, 6.07) is 63.1. The van der Waals surface area contributed by atoms with Crippen LogP contribution in [0.1, 0.15) is 76.9 Å². The first-order chi connectivity index (χ1) is 70.4. The largest absolute Gasteiger partial charge is 0.513 e. The molecule has 3 aromatic heterocycles. The number of aliphatic hydroxyl groups excluding tert-OH is 2. The van der Waals surface area contributed by atoms with Crippen LogP contribution >= 0.6 is 23.2 Å². The second-order valence-corrected chi connectivity index (χ2v) is 36.9. The zero-order valence-corrected chi connectivity index (χ0v) is 79.9. The molecule has 0 unspecified atom stereocenters. The van der Waals surface area contributed by atoms with E-state index >= 15 is 8.78 Å². The predicted molar refractivity (Wildman–Crippen MR) is 499 cm³/mol. The number of nitrogens with zero attached hydrogens (tertiary/aromatic N) is 6. The van der Waals surface area contributed by atoms with Crippen LogP contribution in [-0.4, -0.2) is 161 Å². The van der Waals surface area contributed by atoms with Gasteiger partial charge in [0.15, 0.2) is 18.3 Å². The lowest BCUT2D eigenvalue weighted by Gasteiger charge is -2.26. The van der Waals surface area contributed by atoms with Crippen molar-refractivity contribution in [1.29, 1.82) is 0 Å². The Labute approximate surface area is 831 Å². The van der Waals surface area contributed by atoms with Crippen LogP contribution in [0.4, 0.5) is 65.7 Å². The van der Waals surface area contributed by atoms with Crippen LogP contribution in [0.25, 0.3) is 0 Å². The fourth-order valence-corrected chi connectivity index (χ4v) is 18.1. The highest BCUT2D eigenvalue weighted by Gasteiger charge is 2.65. The number of esters is 5. The highest BCUT2D eigenvalue weighted by molar-refractivity contribution is 7.53. The number of hydrogen-bond donors (Lipinski definition) is 8. The molecule has 0 amide bonds. The molecule has 0 bridgehead atoms. The van der Waals surface area contributed by atoms with E-state index in [0.717, 1.165) is 42.4 Å². The molecule has 9 aromatic carbocycles. The maximum Gasteiger partial charge on any atom is 0.513 e. The number of nitrogens with two attached hydrogens (primary N) is 3. The van der Waals surface area contributed by atoms with E-state index in [-0.39, 0.29) is 65.6 Å². The maximum absolute atomic E-state index is 16.0. The number of nitrogens with one attached hydrogen (secondary N) is 3. The number of hydrogen-bond acceptors (Lipinski definition) is 33. The van der Waals surface area contributed by atoms with Crippen LogP contribution < -0.4 is 67.6 Å². The topological polar surface area (TPSA) is 525 Å². The summed E-state index contributed by atoms with van der Waals surface area (Å²) in [5.41, 5.74) is 15.0. The molecule has 6 heterocycles. The van der Waals surface area contributed by atoms with E-state index in [1.807, 2.05) is 0 Å². The molecule has 15 atom stereocenters. The van der Waals surface area contributed by atoms with E-state index in [4.69, 9.17) is 77.7 Å². The van der Waals surface area contributed by atoms with Gasteiger partial charge in [0.25, 0.3) is 0 Å². The van der Waals surface area contributed by atoms with Gasteiger partial charge >= 0.3 is 87.9 Å². The monoisotopic (exact) mass is 2130 g/mol. The van der Waals surface area contributed by atoms with E-state index in [0.29, 0.717) is 24.8 Å². The molecular weight excluding hydrogens is 2040 g/mol. The molecule has 0 saturated carbocycles. The Morgan fingerprint density at radius 1 is 0.385 bits per heavy atom. The molecule has 3 aliphatic rings. The summed E-state index contributed by atoms with van der Waals surface area (Å²) in [5.74, 6) is -30.6. The molecule has 0 radical (unpaired) electrons. The van der Waals surface area contributed by atoms with Crippen molar-refractivity contribution in [1.82, 2.24) is 43.9 Å². The first kappa shape index (κ1) is 112. The molecule has 3 fully saturated rings. The molecule has 784 valence electrons. The van der Waals surface area contributed by atoms with Gasteiger partial charge in [-0.25, -0.2) is 50.8 Å². The lowest BCUT2D eigenvalue weighted by atomic mass is 10.1. The molecule has 11 N–H and O–H groups in total. The van der Waals surface area contributed by atoms with Gasteiger partial charge in [-0.3, -0.25) is 37.1 Å². The average Bonchev–Trinajstić information content (AvgIpc) is 1.59. The summed E-state index contributed by atoms with van der Waals surface area (Å²) in [5, 5.41) is 26.6. The molecule has 15 rings (SSSR count). The summed E-state index contributed by atoms with van der Waals surface area (Å²) in [7, 11) is -14.0. The molecule has 148 heavy (non-hydrogen) atoms. The number of alkyl halides is 6. The lowest BCUT2D eigenvalue weighted by Crippen LogP contribution is -2.45. The number of ether oxygens (including phenoxy) is 8. The van der Waals surface area contributed by atoms with Crippen LogP contribution in [0.15, 0.2) is 294 Å². The number of halogens is 11. The molecule has 0 spiro atoms. The predicted octanol–water partition coefficient (Wildman–Crippen LogP) is 13.4. The molecule has 12 aromatic rings. The van der Waals surface area contributed by atoms with Gasteiger partial charge in [0.05, 0.1) is 30.9 Å². The second kappa shape index (κ2) is 50.0. The van der Waals surface area contributed by atoms with Gasteiger partial charge in [-0.15, -0.1) is 0 Å². The van der Waals surface area contributed by atoms with Crippen molar-refractivity contribution < 1.29 is 161 Å². The first-order valence-corrected chi connectivity index (χ1v) is 48.5. The fourth-order valence-electron chi connectivity index (χ4n) is 13.6. The summed E-state index contributed by atoms with van der Waals surface area (Å²) >= 11 is 0. The molecule has 0 aliphatic carbocycles. The Balaban J connectivity index is 0.000000179. The van der Waals surface area contributed by atoms with Crippen molar-refractivity contribution in [2.24, 2.45) is 0 Å². The lowest BCUT2D eigenvalue weighted by molar-refractivity contribution is -0.147. The van der Waals surface area contributed by atoms with Crippen molar-refractivity contribution in [2.45, 2.75) is 132 Å². The number of aliphatic hydroxyl groups is 2. The molecular formula is C95H90F11N12O27P3. The number of carbonyl (C=O) groups excluding carboxylic acids is 5. The van der Waals surface area contributed by atoms with E-state index in [9.17, 15) is 102 Å². The number of rotatable bonds is 37. The Morgan fingerprint density at radius 2 is 0.655 bits per heavy atom. The quantitative estimate of drug-likeness (QED) is 0.00448. The highest BCUT2D eigenvalue weighted by Crippen LogP contribution is 2.53. The van der Waals surface area contributed by atoms with Gasteiger partial charge in [0.2, 0.25) is 53.5 Å². The van der Waals surface area contributed by atoms with E-state index < -0.39 is 216 Å². The number of anilines is 3. The minimum atomic E-state index is -4.96. The number of aromatic nitrogens is 6. The average molecular weight is 2130 g/mol. The van der Waals surface area contributed by atoms with Crippen LogP contribution in [0.2, 0.25) is 0 Å². The minimum absolute atomic E-state index is 0.0367. The Morgan fingerprint density at radius 3 is 0.980 bits per heavy atom. The van der Waals surface area contributed by atoms with Crippen molar-refractivity contribution in [3.05, 3.63) is 368 Å². The van der Waals surface area contributed by atoms with Gasteiger partial charge in [-0.1, -0.05) is 182 Å². The SMILES string of the molecule is C[C@H](N[P@](=O)(OC[C@H]1O[C@@H](n2ccc(N)nc2=O)C(F)(F)[C@@H]1O)Oc1ccccc1)C(=O)OCc1ccccc1.C[C@H](N[P@](=O)(OC[C@H]1O[C@@H](n2ccc(N)nc2=O)C(F)(F)[C@@H]1OC(=O)c1ccccc1)Oc1ccccc1)C(=O)OCc1ccccc1.C[C@H](N[P@](=O)(Oc1ccccc1)Oc1c(F)c(F)c(F)c(F)c1F)C(=O)OCc1ccccc1.Nc1ccn([C@@H]2O[C@H](CO)[C@@H](OC(=O)c3ccccc3)C2(F)F)c(=O)n1. The summed E-state index contributed by atoms with van der Waals surface area (Å²) < 4.78 is 276. The normalized spacial score (nSPS) is 20.0.